The van der Waals surface area contributed by atoms with Crippen LogP contribution in [0.4, 0.5) is 11.4 Å². The second-order valence-electron chi connectivity index (χ2n) is 16.4. The maximum absolute atomic E-state index is 2.63. The quantitative estimate of drug-likeness (QED) is 0.132. The molecule has 0 amide bonds. The van der Waals surface area contributed by atoms with Crippen LogP contribution < -0.4 is 9.80 Å². The lowest BCUT2D eigenvalue weighted by molar-refractivity contribution is 0.578. The molecule has 2 heterocycles. The van der Waals surface area contributed by atoms with Crippen LogP contribution in [0.3, 0.4) is 0 Å². The maximum atomic E-state index is 2.63. The summed E-state index contributed by atoms with van der Waals surface area (Å²) in [6.07, 6.45) is 7.67. The van der Waals surface area contributed by atoms with E-state index in [-0.39, 0.29) is 0 Å². The SMILES string of the molecule is c1ccc2c(-c3c4cc(N5CCCCC5)ccc4c(-c4ccc5c6cccc7cccc(c8cccc4c85)c76)c4cc(N5CCCCC5)ccc34)cccc2c1. The van der Waals surface area contributed by atoms with Gasteiger partial charge in [-0.1, -0.05) is 121 Å². The highest BCUT2D eigenvalue weighted by Crippen LogP contribution is 2.50. The third-order valence-electron chi connectivity index (χ3n) is 13.4. The van der Waals surface area contributed by atoms with Crippen LogP contribution in [0.2, 0.25) is 0 Å². The Morgan fingerprint density at radius 2 is 0.732 bits per heavy atom. The summed E-state index contributed by atoms with van der Waals surface area (Å²) in [6, 6.07) is 56.2. The Morgan fingerprint density at radius 1 is 0.286 bits per heavy atom. The normalized spacial score (nSPS) is 15.4. The molecule has 10 aromatic rings. The summed E-state index contributed by atoms with van der Waals surface area (Å²) < 4.78 is 0. The molecule has 0 unspecified atom stereocenters. The molecule has 0 radical (unpaired) electrons. The lowest BCUT2D eigenvalue weighted by Gasteiger charge is -2.31. The minimum absolute atomic E-state index is 1.12. The minimum Gasteiger partial charge on any atom is -0.372 e. The number of rotatable bonds is 4. The summed E-state index contributed by atoms with van der Waals surface area (Å²) in [7, 11) is 0. The van der Waals surface area contributed by atoms with E-state index in [9.17, 15) is 0 Å². The molecule has 0 bridgehead atoms. The molecule has 0 spiro atoms. The van der Waals surface area contributed by atoms with Gasteiger partial charge in [0.05, 0.1) is 0 Å². The van der Waals surface area contributed by atoms with Crippen molar-refractivity contribution in [2.45, 2.75) is 38.5 Å². The van der Waals surface area contributed by atoms with E-state index >= 15 is 0 Å². The van der Waals surface area contributed by atoms with Gasteiger partial charge in [0.2, 0.25) is 0 Å². The summed E-state index contributed by atoms with van der Waals surface area (Å²) in [6.45, 7) is 4.49. The van der Waals surface area contributed by atoms with E-state index in [4.69, 9.17) is 0 Å². The van der Waals surface area contributed by atoms with E-state index in [1.807, 2.05) is 0 Å². The molecule has 2 aliphatic heterocycles. The molecular formula is C54H44N2. The van der Waals surface area contributed by atoms with Crippen LogP contribution in [0.5, 0.6) is 0 Å². The van der Waals surface area contributed by atoms with Crippen LogP contribution in [-0.2, 0) is 0 Å². The zero-order valence-corrected chi connectivity index (χ0v) is 31.8. The molecular weight excluding hydrogens is 677 g/mol. The topological polar surface area (TPSA) is 6.48 Å². The van der Waals surface area contributed by atoms with Crippen molar-refractivity contribution in [1.82, 2.24) is 0 Å². The fourth-order valence-electron chi connectivity index (χ4n) is 10.8. The van der Waals surface area contributed by atoms with Crippen LogP contribution in [0, 0.1) is 0 Å². The van der Waals surface area contributed by atoms with Gasteiger partial charge in [-0.05, 0) is 160 Å². The molecule has 0 saturated carbocycles. The molecule has 0 N–H and O–H groups in total. The largest absolute Gasteiger partial charge is 0.372 e. The summed E-state index contributed by atoms with van der Waals surface area (Å²) in [5.41, 5.74) is 8.02. The van der Waals surface area contributed by atoms with E-state index in [0.29, 0.717) is 0 Å². The second-order valence-corrected chi connectivity index (χ2v) is 16.4. The van der Waals surface area contributed by atoms with Crippen molar-refractivity contribution in [3.63, 3.8) is 0 Å². The molecule has 2 aliphatic rings. The summed E-state index contributed by atoms with van der Waals surface area (Å²) in [4.78, 5) is 5.25. The molecule has 0 atom stereocenters. The summed E-state index contributed by atoms with van der Waals surface area (Å²) in [5.74, 6) is 0. The zero-order chi connectivity index (χ0) is 36.7. The average molecular weight is 721 g/mol. The Bertz CT molecular complexity index is 3110. The molecule has 2 nitrogen and oxygen atoms in total. The lowest BCUT2D eigenvalue weighted by Crippen LogP contribution is -2.29. The van der Waals surface area contributed by atoms with Gasteiger partial charge in [0.25, 0.3) is 0 Å². The van der Waals surface area contributed by atoms with E-state index in [0.717, 1.165) is 26.2 Å². The highest BCUT2D eigenvalue weighted by molar-refractivity contribution is 6.35. The van der Waals surface area contributed by atoms with Crippen molar-refractivity contribution in [1.29, 1.82) is 0 Å². The zero-order valence-electron chi connectivity index (χ0n) is 31.8. The molecule has 12 rings (SSSR count). The van der Waals surface area contributed by atoms with Crippen molar-refractivity contribution >= 4 is 86.8 Å². The molecule has 0 aromatic heterocycles. The predicted octanol–water partition coefficient (Wildman–Crippen LogP) is 14.5. The first-order valence-corrected chi connectivity index (χ1v) is 20.9. The second kappa shape index (κ2) is 12.7. The van der Waals surface area contributed by atoms with Gasteiger partial charge >= 0.3 is 0 Å². The average Bonchev–Trinajstić information content (AvgIpc) is 3.27. The molecule has 270 valence electrons. The van der Waals surface area contributed by atoms with Gasteiger partial charge in [-0.2, -0.15) is 0 Å². The monoisotopic (exact) mass is 720 g/mol. The molecule has 2 heteroatoms. The Hall–Kier alpha value is -6.12. The smallest absolute Gasteiger partial charge is 0.0372 e. The van der Waals surface area contributed by atoms with Crippen molar-refractivity contribution in [3.8, 4) is 22.3 Å². The standard InChI is InChI=1S/C54H44N2/c1-5-29-55(30-6-1)37-24-26-48-49(33-37)53(40-18-9-14-35-13-3-4-17-39(35)40)47-25-23-38(56-31-7-2-8-32-56)34-50(47)54(48)46-28-27-45-42-20-11-16-36-15-10-19-41(51(36)42)43-21-12-22-44(46)52(43)45/h3-4,9-28,33-34H,1-2,5-8,29-32H2. The molecule has 10 aromatic carbocycles. The number of hydrogen-bond acceptors (Lipinski definition) is 2. The Kier molecular flexibility index (Phi) is 7.30. The van der Waals surface area contributed by atoms with E-state index in [2.05, 4.69) is 155 Å². The van der Waals surface area contributed by atoms with Crippen LogP contribution in [0.15, 0.2) is 146 Å². The predicted molar refractivity (Wildman–Crippen MR) is 243 cm³/mol. The maximum Gasteiger partial charge on any atom is 0.0372 e. The Labute approximate surface area is 327 Å². The van der Waals surface area contributed by atoms with Gasteiger partial charge in [-0.25, -0.2) is 0 Å². The summed E-state index contributed by atoms with van der Waals surface area (Å²) in [5, 5.41) is 18.7. The van der Waals surface area contributed by atoms with Gasteiger partial charge in [-0.15, -0.1) is 0 Å². The third-order valence-corrected chi connectivity index (χ3v) is 13.4. The number of hydrogen-bond donors (Lipinski definition) is 0. The van der Waals surface area contributed by atoms with Gasteiger partial charge < -0.3 is 9.80 Å². The number of benzene rings is 10. The van der Waals surface area contributed by atoms with E-state index in [1.165, 1.54) is 148 Å². The van der Waals surface area contributed by atoms with Crippen LogP contribution >= 0.6 is 0 Å². The van der Waals surface area contributed by atoms with Crippen molar-refractivity contribution in [2.75, 3.05) is 36.0 Å². The fraction of sp³-hybridized carbons (Fsp3) is 0.185. The third kappa shape index (κ3) is 4.81. The van der Waals surface area contributed by atoms with Crippen LogP contribution in [-0.4, -0.2) is 26.2 Å². The number of nitrogens with zero attached hydrogens (tertiary/aromatic N) is 2. The first-order valence-electron chi connectivity index (χ1n) is 20.9. The van der Waals surface area contributed by atoms with E-state index < -0.39 is 0 Å². The molecule has 2 saturated heterocycles. The molecule has 56 heavy (non-hydrogen) atoms. The van der Waals surface area contributed by atoms with Gasteiger partial charge in [0.15, 0.2) is 0 Å². The highest BCUT2D eigenvalue weighted by atomic mass is 15.1. The Morgan fingerprint density at radius 3 is 1.38 bits per heavy atom. The fourth-order valence-corrected chi connectivity index (χ4v) is 10.8. The summed E-state index contributed by atoms with van der Waals surface area (Å²) >= 11 is 0. The lowest BCUT2D eigenvalue weighted by atomic mass is 9.81. The van der Waals surface area contributed by atoms with Gasteiger partial charge in [0.1, 0.15) is 0 Å². The molecule has 2 fully saturated rings. The van der Waals surface area contributed by atoms with Crippen LogP contribution in [0.25, 0.3) is 97.7 Å². The van der Waals surface area contributed by atoms with Crippen LogP contribution in [0.1, 0.15) is 38.5 Å². The minimum atomic E-state index is 1.12. The number of piperidine rings is 2. The van der Waals surface area contributed by atoms with E-state index in [1.54, 1.807) is 0 Å². The number of anilines is 2. The van der Waals surface area contributed by atoms with Gasteiger partial charge in [0, 0.05) is 37.6 Å². The first kappa shape index (κ1) is 32.2. The first-order chi connectivity index (χ1) is 27.8. The van der Waals surface area contributed by atoms with Gasteiger partial charge in [-0.3, -0.25) is 0 Å². The van der Waals surface area contributed by atoms with Crippen molar-refractivity contribution in [2.24, 2.45) is 0 Å². The van der Waals surface area contributed by atoms with Crippen molar-refractivity contribution < 1.29 is 0 Å². The number of fused-ring (bicyclic) bond motifs is 5. The highest BCUT2D eigenvalue weighted by Gasteiger charge is 2.24. The van der Waals surface area contributed by atoms with Crippen molar-refractivity contribution in [3.05, 3.63) is 146 Å². The Balaban J connectivity index is 1.24. The molecule has 0 aliphatic carbocycles.